The summed E-state index contributed by atoms with van der Waals surface area (Å²) >= 11 is 12.6. The molecule has 1 aromatic carbocycles. The zero-order valence-electron chi connectivity index (χ0n) is 11.5. The van der Waals surface area contributed by atoms with Crippen LogP contribution in [0.15, 0.2) is 18.2 Å². The summed E-state index contributed by atoms with van der Waals surface area (Å²) in [5.41, 5.74) is 1.05. The lowest BCUT2D eigenvalue weighted by Crippen LogP contribution is -2.28. The minimum absolute atomic E-state index is 0.242. The number of benzene rings is 1. The van der Waals surface area contributed by atoms with Gasteiger partial charge >= 0.3 is 0 Å². The topological polar surface area (TPSA) is 12.0 Å². The molecule has 2 atom stereocenters. The lowest BCUT2D eigenvalue weighted by molar-refractivity contribution is 0.363. The third-order valence-corrected chi connectivity index (χ3v) is 3.90. The van der Waals surface area contributed by atoms with Crippen LogP contribution in [0.25, 0.3) is 0 Å². The first-order valence-electron chi connectivity index (χ1n) is 6.79. The number of halogens is 2. The van der Waals surface area contributed by atoms with E-state index in [0.29, 0.717) is 5.92 Å². The Bertz CT molecular complexity index is 345. The second kappa shape index (κ2) is 8.04. The van der Waals surface area contributed by atoms with Gasteiger partial charge in [0.05, 0.1) is 0 Å². The molecule has 0 bridgehead atoms. The average molecular weight is 288 g/mol. The van der Waals surface area contributed by atoms with Crippen LogP contribution in [0.4, 0.5) is 0 Å². The molecule has 0 aromatic heterocycles. The van der Waals surface area contributed by atoms with Crippen LogP contribution in [0.1, 0.15) is 51.6 Å². The van der Waals surface area contributed by atoms with Crippen molar-refractivity contribution in [2.75, 3.05) is 6.54 Å². The van der Waals surface area contributed by atoms with E-state index in [1.165, 1.54) is 12.8 Å². The molecule has 0 aliphatic carbocycles. The molecule has 2 unspecified atom stereocenters. The summed E-state index contributed by atoms with van der Waals surface area (Å²) in [7, 11) is 0. The molecule has 0 heterocycles. The third-order valence-electron chi connectivity index (χ3n) is 3.24. The summed E-state index contributed by atoms with van der Waals surface area (Å²) in [6.45, 7) is 7.63. The molecule has 0 radical (unpaired) electrons. The maximum Gasteiger partial charge on any atom is 0.0468 e. The summed E-state index contributed by atoms with van der Waals surface area (Å²) in [6.07, 6.45) is 3.45. The van der Waals surface area contributed by atoms with E-state index in [9.17, 15) is 0 Å². The Morgan fingerprint density at radius 2 is 1.72 bits per heavy atom. The first kappa shape index (κ1) is 15.8. The molecule has 1 rings (SSSR count). The van der Waals surface area contributed by atoms with Crippen molar-refractivity contribution in [1.29, 1.82) is 0 Å². The van der Waals surface area contributed by atoms with E-state index in [1.54, 1.807) is 0 Å². The lowest BCUT2D eigenvalue weighted by Gasteiger charge is -2.27. The molecule has 18 heavy (non-hydrogen) atoms. The maximum atomic E-state index is 6.32. The lowest BCUT2D eigenvalue weighted by atomic mass is 9.90. The summed E-state index contributed by atoms with van der Waals surface area (Å²) in [4.78, 5) is 0. The van der Waals surface area contributed by atoms with Gasteiger partial charge in [0.15, 0.2) is 0 Å². The highest BCUT2D eigenvalue weighted by molar-refractivity contribution is 6.36. The SMILES string of the molecule is CCCNC(c1c(Cl)cccc1Cl)C(C)CCC. The highest BCUT2D eigenvalue weighted by atomic mass is 35.5. The molecule has 102 valence electrons. The third kappa shape index (κ3) is 4.15. The van der Waals surface area contributed by atoms with E-state index < -0.39 is 0 Å². The first-order valence-corrected chi connectivity index (χ1v) is 7.54. The molecule has 1 N–H and O–H groups in total. The molecule has 0 aliphatic rings. The summed E-state index contributed by atoms with van der Waals surface area (Å²) < 4.78 is 0. The Labute approximate surface area is 121 Å². The highest BCUT2D eigenvalue weighted by Crippen LogP contribution is 2.35. The Kier molecular flexibility index (Phi) is 7.06. The first-order chi connectivity index (χ1) is 8.61. The Morgan fingerprint density at radius 1 is 1.11 bits per heavy atom. The molecule has 0 saturated carbocycles. The molecular formula is C15H23Cl2N. The van der Waals surface area contributed by atoms with Gasteiger partial charge in [-0.3, -0.25) is 0 Å². The van der Waals surface area contributed by atoms with Crippen LogP contribution < -0.4 is 5.32 Å². The van der Waals surface area contributed by atoms with Crippen LogP contribution in [-0.2, 0) is 0 Å². The predicted molar refractivity (Wildman–Crippen MR) is 81.6 cm³/mol. The van der Waals surface area contributed by atoms with Crippen LogP contribution in [0.2, 0.25) is 10.0 Å². The summed E-state index contributed by atoms with van der Waals surface area (Å²) in [5.74, 6) is 0.527. The zero-order valence-corrected chi connectivity index (χ0v) is 13.0. The predicted octanol–water partition coefficient (Wildman–Crippen LogP) is 5.47. The Hall–Kier alpha value is -0.240. The fourth-order valence-corrected chi connectivity index (χ4v) is 2.95. The molecule has 0 amide bonds. The largest absolute Gasteiger partial charge is 0.310 e. The van der Waals surface area contributed by atoms with Crippen molar-refractivity contribution in [3.8, 4) is 0 Å². The van der Waals surface area contributed by atoms with Crippen LogP contribution >= 0.6 is 23.2 Å². The minimum atomic E-state index is 0.242. The van der Waals surface area contributed by atoms with E-state index in [-0.39, 0.29) is 6.04 Å². The van der Waals surface area contributed by atoms with Crippen LogP contribution in [0.5, 0.6) is 0 Å². The molecule has 0 spiro atoms. The van der Waals surface area contributed by atoms with Gasteiger partial charge in [-0.05, 0) is 37.4 Å². The quantitative estimate of drug-likeness (QED) is 0.701. The molecule has 1 nitrogen and oxygen atoms in total. The van der Waals surface area contributed by atoms with Crippen molar-refractivity contribution in [2.45, 2.75) is 46.1 Å². The molecule has 1 aromatic rings. The van der Waals surface area contributed by atoms with E-state index in [2.05, 4.69) is 26.1 Å². The van der Waals surface area contributed by atoms with Gasteiger partial charge in [0.2, 0.25) is 0 Å². The van der Waals surface area contributed by atoms with E-state index in [4.69, 9.17) is 23.2 Å². The zero-order chi connectivity index (χ0) is 13.5. The monoisotopic (exact) mass is 287 g/mol. The normalized spacial score (nSPS) is 14.5. The second-order valence-electron chi connectivity index (χ2n) is 4.83. The van der Waals surface area contributed by atoms with Crippen LogP contribution in [0, 0.1) is 5.92 Å². The van der Waals surface area contributed by atoms with E-state index in [1.807, 2.05) is 18.2 Å². The number of hydrogen-bond donors (Lipinski definition) is 1. The van der Waals surface area contributed by atoms with Gasteiger partial charge in [0, 0.05) is 21.7 Å². The molecule has 0 fully saturated rings. The Balaban J connectivity index is 3.00. The van der Waals surface area contributed by atoms with Gasteiger partial charge in [-0.25, -0.2) is 0 Å². The van der Waals surface area contributed by atoms with Crippen molar-refractivity contribution in [3.63, 3.8) is 0 Å². The standard InChI is InChI=1S/C15H23Cl2N/c1-4-7-11(3)15(18-10-5-2)14-12(16)8-6-9-13(14)17/h6,8-9,11,15,18H,4-5,7,10H2,1-3H3. The van der Waals surface area contributed by atoms with Gasteiger partial charge < -0.3 is 5.32 Å². The summed E-state index contributed by atoms with van der Waals surface area (Å²) in [6, 6.07) is 5.98. The highest BCUT2D eigenvalue weighted by Gasteiger charge is 2.22. The van der Waals surface area contributed by atoms with Gasteiger partial charge in [-0.2, -0.15) is 0 Å². The van der Waals surface area contributed by atoms with Gasteiger partial charge in [-0.1, -0.05) is 56.5 Å². The maximum absolute atomic E-state index is 6.32. The fourth-order valence-electron chi connectivity index (χ4n) is 2.32. The fraction of sp³-hybridized carbons (Fsp3) is 0.600. The molecular weight excluding hydrogens is 265 g/mol. The van der Waals surface area contributed by atoms with Crippen LogP contribution in [-0.4, -0.2) is 6.54 Å². The molecule has 3 heteroatoms. The molecule has 0 aliphatic heterocycles. The van der Waals surface area contributed by atoms with E-state index >= 15 is 0 Å². The smallest absolute Gasteiger partial charge is 0.0468 e. The van der Waals surface area contributed by atoms with Gasteiger partial charge in [0.25, 0.3) is 0 Å². The molecule has 0 saturated heterocycles. The van der Waals surface area contributed by atoms with Crippen molar-refractivity contribution in [3.05, 3.63) is 33.8 Å². The van der Waals surface area contributed by atoms with E-state index in [0.717, 1.165) is 28.6 Å². The second-order valence-corrected chi connectivity index (χ2v) is 5.65. The van der Waals surface area contributed by atoms with Crippen molar-refractivity contribution in [2.24, 2.45) is 5.92 Å². The van der Waals surface area contributed by atoms with Crippen molar-refractivity contribution in [1.82, 2.24) is 5.32 Å². The number of nitrogens with one attached hydrogen (secondary N) is 1. The van der Waals surface area contributed by atoms with Crippen LogP contribution in [0.3, 0.4) is 0 Å². The average Bonchev–Trinajstić information content (AvgIpc) is 2.33. The summed E-state index contributed by atoms with van der Waals surface area (Å²) in [5, 5.41) is 5.11. The van der Waals surface area contributed by atoms with Crippen molar-refractivity contribution < 1.29 is 0 Å². The van der Waals surface area contributed by atoms with Gasteiger partial charge in [0.1, 0.15) is 0 Å². The van der Waals surface area contributed by atoms with Gasteiger partial charge in [-0.15, -0.1) is 0 Å². The minimum Gasteiger partial charge on any atom is -0.310 e. The Morgan fingerprint density at radius 3 is 2.22 bits per heavy atom. The number of rotatable bonds is 7. The number of hydrogen-bond acceptors (Lipinski definition) is 1. The van der Waals surface area contributed by atoms with Crippen molar-refractivity contribution >= 4 is 23.2 Å².